The summed E-state index contributed by atoms with van der Waals surface area (Å²) in [6.45, 7) is 0. The van der Waals surface area contributed by atoms with Crippen LogP contribution in [0.15, 0.2) is 17.1 Å². The van der Waals surface area contributed by atoms with E-state index in [1.165, 1.54) is 0 Å². The van der Waals surface area contributed by atoms with E-state index in [2.05, 4.69) is 20.6 Å². The first-order chi connectivity index (χ1) is 13.3. The van der Waals surface area contributed by atoms with E-state index >= 15 is 0 Å². The van der Waals surface area contributed by atoms with Crippen molar-refractivity contribution in [3.05, 3.63) is 49.8 Å². The summed E-state index contributed by atoms with van der Waals surface area (Å²) >= 11 is 5.73. The Hall–Kier alpha value is -4.16. The Morgan fingerprint density at radius 3 is 2.71 bits per heavy atom. The van der Waals surface area contributed by atoms with Crippen LogP contribution in [0, 0.1) is 38.7 Å². The summed E-state index contributed by atoms with van der Waals surface area (Å²) in [5, 5.41) is 33.8. The van der Waals surface area contributed by atoms with Gasteiger partial charge in [-0.3, -0.25) is 15.4 Å². The molecule has 0 amide bonds. The van der Waals surface area contributed by atoms with Gasteiger partial charge in [-0.2, -0.15) is 10.5 Å². The van der Waals surface area contributed by atoms with Gasteiger partial charge in [-0.15, -0.1) is 0 Å². The van der Waals surface area contributed by atoms with E-state index in [1.807, 2.05) is 0 Å². The smallest absolute Gasteiger partial charge is 0.288 e. The Morgan fingerprint density at radius 1 is 1.39 bits per heavy atom. The SMILES string of the molecule is N#CNC1=NC(c2cc([N+](=O)[O-])c(Cl)cc2F)c2c(nc(N)c(C#N)c2N)N1. The number of anilines is 3. The zero-order chi connectivity index (χ0) is 20.6. The molecule has 0 radical (unpaired) electrons. The van der Waals surface area contributed by atoms with Gasteiger partial charge in [0.05, 0.1) is 10.6 Å². The average molecular weight is 402 g/mol. The van der Waals surface area contributed by atoms with Crippen molar-refractivity contribution in [3.8, 4) is 12.3 Å². The molecule has 1 aromatic carbocycles. The number of nitrogens with zero attached hydrogens (tertiary/aromatic N) is 5. The molecule has 0 saturated heterocycles. The molecule has 0 aliphatic carbocycles. The van der Waals surface area contributed by atoms with Crippen LogP contribution < -0.4 is 22.1 Å². The van der Waals surface area contributed by atoms with Gasteiger partial charge in [-0.1, -0.05) is 11.6 Å². The topological polar surface area (TPSA) is 192 Å². The van der Waals surface area contributed by atoms with Crippen LogP contribution in [0.1, 0.15) is 22.7 Å². The molecule has 0 fully saturated rings. The molecule has 11 nitrogen and oxygen atoms in total. The lowest BCUT2D eigenvalue weighted by Crippen LogP contribution is -2.33. The Bertz CT molecular complexity index is 1140. The van der Waals surface area contributed by atoms with Gasteiger partial charge in [0.25, 0.3) is 5.69 Å². The summed E-state index contributed by atoms with van der Waals surface area (Å²) in [6.07, 6.45) is 1.64. The molecule has 6 N–H and O–H groups in total. The van der Waals surface area contributed by atoms with E-state index in [0.717, 1.165) is 12.1 Å². The molecule has 1 aromatic heterocycles. The third-order valence-corrected chi connectivity index (χ3v) is 4.22. The van der Waals surface area contributed by atoms with Crippen molar-refractivity contribution >= 4 is 40.6 Å². The third kappa shape index (κ3) is 2.94. The minimum Gasteiger partial charge on any atom is -0.397 e. The number of nitriles is 2. The zero-order valence-electron chi connectivity index (χ0n) is 13.7. The fourth-order valence-corrected chi connectivity index (χ4v) is 2.93. The van der Waals surface area contributed by atoms with Crippen molar-refractivity contribution in [3.63, 3.8) is 0 Å². The lowest BCUT2D eigenvalue weighted by Gasteiger charge is -2.26. The Morgan fingerprint density at radius 2 is 2.11 bits per heavy atom. The van der Waals surface area contributed by atoms with Crippen LogP contribution in [0.5, 0.6) is 0 Å². The zero-order valence-corrected chi connectivity index (χ0v) is 14.5. The maximum Gasteiger partial charge on any atom is 0.288 e. The second-order valence-electron chi connectivity index (χ2n) is 5.48. The van der Waals surface area contributed by atoms with Crippen molar-refractivity contribution in [2.24, 2.45) is 4.99 Å². The van der Waals surface area contributed by atoms with Gasteiger partial charge < -0.3 is 16.8 Å². The van der Waals surface area contributed by atoms with Gasteiger partial charge in [-0.25, -0.2) is 14.4 Å². The molecular weight excluding hydrogens is 393 g/mol. The van der Waals surface area contributed by atoms with Crippen LogP contribution >= 0.6 is 11.6 Å². The van der Waals surface area contributed by atoms with Gasteiger partial charge in [0, 0.05) is 17.2 Å². The normalized spacial score (nSPS) is 14.7. The largest absolute Gasteiger partial charge is 0.397 e. The molecule has 0 spiro atoms. The molecule has 0 bridgehead atoms. The molecule has 13 heteroatoms. The van der Waals surface area contributed by atoms with Gasteiger partial charge in [0.15, 0.2) is 6.19 Å². The van der Waals surface area contributed by atoms with Crippen LogP contribution in [-0.4, -0.2) is 15.9 Å². The number of aliphatic imine (C=N–C) groups is 1. The van der Waals surface area contributed by atoms with Gasteiger partial charge >= 0.3 is 0 Å². The number of hydrogen-bond acceptors (Lipinski definition) is 10. The van der Waals surface area contributed by atoms with E-state index in [0.29, 0.717) is 0 Å². The number of halogens is 2. The summed E-state index contributed by atoms with van der Waals surface area (Å²) in [7, 11) is 0. The number of nitro groups is 1. The number of fused-ring (bicyclic) bond motifs is 1. The van der Waals surface area contributed by atoms with Crippen molar-refractivity contribution < 1.29 is 9.31 Å². The second-order valence-corrected chi connectivity index (χ2v) is 5.89. The van der Waals surface area contributed by atoms with Gasteiger partial charge in [0.2, 0.25) is 5.96 Å². The third-order valence-electron chi connectivity index (χ3n) is 3.91. The molecule has 1 aliphatic rings. The number of hydrogen-bond donors (Lipinski definition) is 4. The monoisotopic (exact) mass is 401 g/mol. The van der Waals surface area contributed by atoms with Gasteiger partial charge in [0.1, 0.15) is 40.2 Å². The standard InChI is InChI=1S/C15H9ClFN9O2/c16-7-2-8(17)5(1-9(7)26(27)28)12-10-11(20)6(3-18)13(21)24-14(10)25-15(23-12)22-4-19/h1-2,12H,(H6,20,21,22,23,24,25). The molecule has 0 saturated carbocycles. The number of pyridine rings is 1. The Balaban J connectivity index is 2.33. The van der Waals surface area contributed by atoms with Crippen LogP contribution in [-0.2, 0) is 0 Å². The highest BCUT2D eigenvalue weighted by molar-refractivity contribution is 6.32. The lowest BCUT2D eigenvalue weighted by molar-refractivity contribution is -0.384. The fourth-order valence-electron chi connectivity index (χ4n) is 2.71. The summed E-state index contributed by atoms with van der Waals surface area (Å²) in [5.41, 5.74) is 10.7. The molecule has 2 heterocycles. The minimum absolute atomic E-state index is 0.0174. The van der Waals surface area contributed by atoms with E-state index in [-0.39, 0.29) is 40.0 Å². The predicted molar refractivity (Wildman–Crippen MR) is 97.5 cm³/mol. The fraction of sp³-hybridized carbons (Fsp3) is 0.0667. The first kappa shape index (κ1) is 18.6. The van der Waals surface area contributed by atoms with Crippen molar-refractivity contribution in [2.75, 3.05) is 16.8 Å². The molecule has 28 heavy (non-hydrogen) atoms. The highest BCUT2D eigenvalue weighted by Gasteiger charge is 2.33. The summed E-state index contributed by atoms with van der Waals surface area (Å²) in [5.74, 6) is -1.19. The van der Waals surface area contributed by atoms with Crippen molar-refractivity contribution in [1.29, 1.82) is 10.5 Å². The molecule has 1 unspecified atom stereocenters. The molecular formula is C15H9ClFN9O2. The number of nitrogens with two attached hydrogens (primary N) is 2. The number of nitro benzene ring substituents is 1. The summed E-state index contributed by atoms with van der Waals surface area (Å²) in [4.78, 5) is 18.6. The quantitative estimate of drug-likeness (QED) is 0.251. The van der Waals surface area contributed by atoms with E-state index < -0.39 is 27.5 Å². The molecule has 140 valence electrons. The Labute approximate surface area is 161 Å². The molecule has 3 rings (SSSR count). The number of guanidine groups is 1. The van der Waals surface area contributed by atoms with Crippen LogP contribution in [0.3, 0.4) is 0 Å². The van der Waals surface area contributed by atoms with Crippen LogP contribution in [0.25, 0.3) is 0 Å². The number of aromatic nitrogens is 1. The first-order valence-electron chi connectivity index (χ1n) is 7.40. The molecule has 2 aromatic rings. The molecule has 1 atom stereocenters. The van der Waals surface area contributed by atoms with Crippen molar-refractivity contribution in [2.45, 2.75) is 6.04 Å². The van der Waals surface area contributed by atoms with E-state index in [1.54, 1.807) is 12.3 Å². The van der Waals surface area contributed by atoms with E-state index in [9.17, 15) is 19.8 Å². The van der Waals surface area contributed by atoms with Gasteiger partial charge in [-0.05, 0) is 6.07 Å². The summed E-state index contributed by atoms with van der Waals surface area (Å²) < 4.78 is 14.6. The highest BCUT2D eigenvalue weighted by Crippen LogP contribution is 2.42. The van der Waals surface area contributed by atoms with Crippen LogP contribution in [0.4, 0.5) is 27.4 Å². The number of nitrogen functional groups attached to an aromatic ring is 2. The van der Waals surface area contributed by atoms with Crippen molar-refractivity contribution in [1.82, 2.24) is 10.3 Å². The maximum absolute atomic E-state index is 14.6. The summed E-state index contributed by atoms with van der Waals surface area (Å²) in [6, 6.07) is 2.22. The molecule has 1 aliphatic heterocycles. The van der Waals surface area contributed by atoms with Crippen LogP contribution in [0.2, 0.25) is 5.02 Å². The second kappa shape index (κ2) is 6.86. The minimum atomic E-state index is -1.26. The number of benzene rings is 1. The Kier molecular flexibility index (Phi) is 4.57. The predicted octanol–water partition coefficient (Wildman–Crippen LogP) is 1.76. The van der Waals surface area contributed by atoms with E-state index in [4.69, 9.17) is 28.3 Å². The first-order valence-corrected chi connectivity index (χ1v) is 7.78. The number of nitrogens with one attached hydrogen (secondary N) is 2. The lowest BCUT2D eigenvalue weighted by atomic mass is 9.94. The average Bonchev–Trinajstić information content (AvgIpc) is 2.61. The number of rotatable bonds is 2. The maximum atomic E-state index is 14.6. The highest BCUT2D eigenvalue weighted by atomic mass is 35.5.